The van der Waals surface area contributed by atoms with E-state index in [-0.39, 0.29) is 5.28 Å². The van der Waals surface area contributed by atoms with E-state index in [1.807, 2.05) is 11.4 Å². The average Bonchev–Trinajstić information content (AvgIpc) is 2.79. The van der Waals surface area contributed by atoms with Gasteiger partial charge in [-0.05, 0) is 41.2 Å². The van der Waals surface area contributed by atoms with Gasteiger partial charge in [-0.15, -0.1) is 11.3 Å². The lowest BCUT2D eigenvalue weighted by Crippen LogP contribution is -1.89. The molecule has 2 nitrogen and oxygen atoms in total. The molecule has 90 valence electrons. The predicted molar refractivity (Wildman–Crippen MR) is 77.9 cm³/mol. The summed E-state index contributed by atoms with van der Waals surface area (Å²) in [7, 11) is 0. The van der Waals surface area contributed by atoms with Gasteiger partial charge in [0, 0.05) is 10.6 Å². The quantitative estimate of drug-likeness (QED) is 0.568. The maximum absolute atomic E-state index is 6.19. The van der Waals surface area contributed by atoms with Crippen LogP contribution in [0.2, 0.25) is 15.3 Å². The maximum atomic E-state index is 6.19. The van der Waals surface area contributed by atoms with Gasteiger partial charge in [0.1, 0.15) is 0 Å². The number of aromatic nitrogens is 2. The van der Waals surface area contributed by atoms with Crippen molar-refractivity contribution >= 4 is 56.4 Å². The molecule has 0 aliphatic carbocycles. The van der Waals surface area contributed by atoms with Gasteiger partial charge in [-0.25, -0.2) is 9.97 Å². The van der Waals surface area contributed by atoms with Gasteiger partial charge in [0.15, 0.2) is 0 Å². The van der Waals surface area contributed by atoms with Crippen LogP contribution in [-0.4, -0.2) is 9.97 Å². The van der Waals surface area contributed by atoms with Crippen LogP contribution >= 0.6 is 46.1 Å². The van der Waals surface area contributed by atoms with E-state index in [2.05, 4.69) is 9.97 Å². The second kappa shape index (κ2) is 4.67. The number of fused-ring (bicyclic) bond motifs is 1. The largest absolute Gasteiger partial charge is 0.223 e. The Hall–Kier alpha value is -0.870. The Morgan fingerprint density at radius 3 is 2.67 bits per heavy atom. The van der Waals surface area contributed by atoms with Gasteiger partial charge in [0.25, 0.3) is 0 Å². The van der Waals surface area contributed by atoms with E-state index in [0.29, 0.717) is 15.7 Å². The third-order valence-electron chi connectivity index (χ3n) is 2.46. The number of halogens is 3. The minimum Gasteiger partial charge on any atom is -0.217 e. The fourth-order valence-corrected chi connectivity index (χ4v) is 3.09. The Kier molecular flexibility index (Phi) is 3.16. The zero-order valence-corrected chi connectivity index (χ0v) is 11.9. The second-order valence-corrected chi connectivity index (χ2v) is 5.70. The molecule has 6 heteroatoms. The van der Waals surface area contributed by atoms with Crippen LogP contribution in [0.25, 0.3) is 21.5 Å². The normalized spacial score (nSPS) is 11.1. The Balaban J connectivity index is 2.37. The van der Waals surface area contributed by atoms with E-state index in [9.17, 15) is 0 Å². The molecule has 0 aliphatic rings. The van der Waals surface area contributed by atoms with E-state index in [1.54, 1.807) is 29.5 Å². The smallest absolute Gasteiger partial charge is 0.217 e. The lowest BCUT2D eigenvalue weighted by atomic mass is 10.1. The van der Waals surface area contributed by atoms with Crippen LogP contribution in [0.5, 0.6) is 0 Å². The Morgan fingerprint density at radius 1 is 1.00 bits per heavy atom. The molecular formula is C12H5Cl3N2S. The van der Waals surface area contributed by atoms with Crippen molar-refractivity contribution < 1.29 is 0 Å². The zero-order valence-electron chi connectivity index (χ0n) is 8.82. The highest BCUT2D eigenvalue weighted by atomic mass is 35.5. The Labute approximate surface area is 122 Å². The Morgan fingerprint density at radius 2 is 1.83 bits per heavy atom. The molecule has 0 saturated heterocycles. The minimum atomic E-state index is 0.201. The van der Waals surface area contributed by atoms with Crippen LogP contribution in [0.3, 0.4) is 0 Å². The molecule has 0 atom stereocenters. The molecule has 0 amide bonds. The summed E-state index contributed by atoms with van der Waals surface area (Å²) in [5.41, 5.74) is 2.29. The lowest BCUT2D eigenvalue weighted by Gasteiger charge is -2.06. The lowest BCUT2D eigenvalue weighted by molar-refractivity contribution is 1.23. The first kappa shape index (κ1) is 12.2. The molecule has 0 spiro atoms. The molecule has 18 heavy (non-hydrogen) atoms. The van der Waals surface area contributed by atoms with Crippen LogP contribution in [0.15, 0.2) is 29.6 Å². The molecule has 0 bridgehead atoms. The van der Waals surface area contributed by atoms with Crippen LogP contribution < -0.4 is 0 Å². The first-order valence-electron chi connectivity index (χ1n) is 5.01. The predicted octanol–water partition coefficient (Wildman–Crippen LogP) is 5.32. The zero-order chi connectivity index (χ0) is 12.7. The van der Waals surface area contributed by atoms with E-state index in [0.717, 1.165) is 15.8 Å². The number of nitrogens with zero attached hydrogens (tertiary/aromatic N) is 2. The van der Waals surface area contributed by atoms with Gasteiger partial charge in [-0.2, -0.15) is 0 Å². The van der Waals surface area contributed by atoms with Crippen molar-refractivity contribution in [1.82, 2.24) is 9.97 Å². The molecule has 0 radical (unpaired) electrons. The van der Waals surface area contributed by atoms with Crippen molar-refractivity contribution in [2.24, 2.45) is 0 Å². The summed E-state index contributed by atoms with van der Waals surface area (Å²) in [6, 6.07) is 7.16. The molecular weight excluding hydrogens is 311 g/mol. The highest BCUT2D eigenvalue weighted by Crippen LogP contribution is 2.36. The third-order valence-corrected chi connectivity index (χ3v) is 4.10. The summed E-state index contributed by atoms with van der Waals surface area (Å²) in [4.78, 5) is 8.43. The molecule has 0 aliphatic heterocycles. The Bertz CT molecular complexity index is 739. The van der Waals surface area contributed by atoms with Gasteiger partial charge in [-0.3, -0.25) is 0 Å². The van der Waals surface area contributed by atoms with Gasteiger partial charge >= 0.3 is 0 Å². The standard InChI is InChI=1S/C12H5Cl3N2S/c13-6-1-2-8(14)7(5-6)10-11-9(3-4-18-11)16-12(15)17-10/h1-5H. The van der Waals surface area contributed by atoms with Gasteiger partial charge < -0.3 is 0 Å². The number of hydrogen-bond donors (Lipinski definition) is 0. The summed E-state index contributed by atoms with van der Waals surface area (Å²) >= 11 is 19.7. The van der Waals surface area contributed by atoms with E-state index < -0.39 is 0 Å². The summed E-state index contributed by atoms with van der Waals surface area (Å²) < 4.78 is 0.948. The topological polar surface area (TPSA) is 25.8 Å². The van der Waals surface area contributed by atoms with Crippen LogP contribution in [-0.2, 0) is 0 Å². The average molecular weight is 316 g/mol. The van der Waals surface area contributed by atoms with Crippen LogP contribution in [0.1, 0.15) is 0 Å². The molecule has 3 rings (SSSR count). The molecule has 0 saturated carbocycles. The highest BCUT2D eigenvalue weighted by Gasteiger charge is 2.13. The molecule has 0 N–H and O–H groups in total. The van der Waals surface area contributed by atoms with E-state index in [4.69, 9.17) is 34.8 Å². The fraction of sp³-hybridized carbons (Fsp3) is 0. The van der Waals surface area contributed by atoms with Crippen molar-refractivity contribution in [3.05, 3.63) is 45.0 Å². The van der Waals surface area contributed by atoms with Crippen molar-refractivity contribution in [2.75, 3.05) is 0 Å². The van der Waals surface area contributed by atoms with Crippen LogP contribution in [0.4, 0.5) is 0 Å². The van der Waals surface area contributed by atoms with E-state index in [1.165, 1.54) is 0 Å². The summed E-state index contributed by atoms with van der Waals surface area (Å²) in [6.45, 7) is 0. The first-order chi connectivity index (χ1) is 8.65. The van der Waals surface area contributed by atoms with Crippen molar-refractivity contribution in [3.63, 3.8) is 0 Å². The molecule has 1 aromatic carbocycles. The monoisotopic (exact) mass is 314 g/mol. The van der Waals surface area contributed by atoms with Crippen molar-refractivity contribution in [3.8, 4) is 11.3 Å². The van der Waals surface area contributed by atoms with E-state index >= 15 is 0 Å². The number of benzene rings is 1. The number of thiophene rings is 1. The summed E-state index contributed by atoms with van der Waals surface area (Å²) in [6.07, 6.45) is 0. The third kappa shape index (κ3) is 2.08. The van der Waals surface area contributed by atoms with Crippen molar-refractivity contribution in [2.45, 2.75) is 0 Å². The molecule has 3 aromatic rings. The summed E-state index contributed by atoms with van der Waals surface area (Å²) in [5.74, 6) is 0. The first-order valence-corrected chi connectivity index (χ1v) is 7.02. The summed E-state index contributed by atoms with van der Waals surface area (Å²) in [5, 5.41) is 3.34. The maximum Gasteiger partial charge on any atom is 0.223 e. The molecule has 2 heterocycles. The number of rotatable bonds is 1. The molecule has 0 fully saturated rings. The van der Waals surface area contributed by atoms with Crippen molar-refractivity contribution in [1.29, 1.82) is 0 Å². The van der Waals surface area contributed by atoms with Crippen LogP contribution in [0, 0.1) is 0 Å². The number of hydrogen-bond acceptors (Lipinski definition) is 3. The van der Waals surface area contributed by atoms with Gasteiger partial charge in [-0.1, -0.05) is 23.2 Å². The van der Waals surface area contributed by atoms with Gasteiger partial charge in [0.05, 0.1) is 20.9 Å². The molecule has 0 unspecified atom stereocenters. The minimum absolute atomic E-state index is 0.201. The molecule has 2 aromatic heterocycles. The highest BCUT2D eigenvalue weighted by molar-refractivity contribution is 7.17. The SMILES string of the molecule is Clc1ccc(Cl)c(-c2nc(Cl)nc3ccsc23)c1. The second-order valence-electron chi connectivity index (χ2n) is 3.60. The van der Waals surface area contributed by atoms with Gasteiger partial charge in [0.2, 0.25) is 5.28 Å². The fourth-order valence-electron chi connectivity index (χ4n) is 1.70.